The van der Waals surface area contributed by atoms with E-state index in [4.69, 9.17) is 0 Å². The van der Waals surface area contributed by atoms with Crippen LogP contribution in [-0.2, 0) is 9.23 Å². The van der Waals surface area contributed by atoms with Crippen LogP contribution in [0.4, 0.5) is 13.2 Å². The number of alkyl halides is 3. The Hall–Kier alpha value is -1.90. The summed E-state index contributed by atoms with van der Waals surface area (Å²) in [7, 11) is -1.61. The molecule has 2 nitrogen and oxygen atoms in total. The van der Waals surface area contributed by atoms with Crippen LogP contribution in [0.3, 0.4) is 0 Å². The molecule has 0 spiro atoms. The zero-order valence-corrected chi connectivity index (χ0v) is 18.5. The van der Waals surface area contributed by atoms with E-state index in [0.717, 1.165) is 15.2 Å². The molecule has 0 N–H and O–H groups in total. The van der Waals surface area contributed by atoms with Gasteiger partial charge in [-0.1, -0.05) is 58.4 Å². The average molecular weight is 544 g/mol. The van der Waals surface area contributed by atoms with Crippen molar-refractivity contribution in [1.29, 1.82) is 0 Å². The van der Waals surface area contributed by atoms with Gasteiger partial charge in [0.05, 0.1) is 4.90 Å². The highest BCUT2D eigenvalue weighted by Gasteiger charge is 2.33. The SMILES string of the molecule is O=S(Br)c1ccc2ccccc2c1-c1c(OC(F)(F)F)ccc2cc(Br)ccc12. The maximum absolute atomic E-state index is 13.2. The molecule has 1 atom stereocenters. The zero-order chi connectivity index (χ0) is 20.8. The molecule has 29 heavy (non-hydrogen) atoms. The summed E-state index contributed by atoms with van der Waals surface area (Å²) < 4.78 is 57.1. The molecular formula is C21H11Br2F3O2S. The fourth-order valence-electron chi connectivity index (χ4n) is 3.39. The third-order valence-electron chi connectivity index (χ3n) is 4.48. The van der Waals surface area contributed by atoms with Gasteiger partial charge in [-0.15, -0.1) is 13.2 Å². The minimum atomic E-state index is -4.86. The van der Waals surface area contributed by atoms with E-state index in [1.807, 2.05) is 18.2 Å². The van der Waals surface area contributed by atoms with Crippen molar-refractivity contribution in [2.75, 3.05) is 0 Å². The molecule has 0 aliphatic carbocycles. The molecule has 0 aliphatic heterocycles. The summed E-state index contributed by atoms with van der Waals surface area (Å²) in [4.78, 5) is 0.367. The number of rotatable bonds is 3. The molecule has 4 rings (SSSR count). The summed E-state index contributed by atoms with van der Waals surface area (Å²) in [6.45, 7) is 0. The maximum Gasteiger partial charge on any atom is 0.573 e. The van der Waals surface area contributed by atoms with Gasteiger partial charge in [0.15, 0.2) is 0 Å². The van der Waals surface area contributed by atoms with E-state index in [2.05, 4.69) is 35.5 Å². The molecule has 0 heterocycles. The summed E-state index contributed by atoms with van der Waals surface area (Å²) in [5, 5.41) is 2.78. The van der Waals surface area contributed by atoms with Gasteiger partial charge in [0.1, 0.15) is 15.0 Å². The second-order valence-corrected chi connectivity index (χ2v) is 9.80. The minimum Gasteiger partial charge on any atom is -0.405 e. The van der Waals surface area contributed by atoms with E-state index in [1.165, 1.54) is 6.07 Å². The molecule has 1 unspecified atom stereocenters. The van der Waals surface area contributed by atoms with E-state index in [9.17, 15) is 17.4 Å². The second-order valence-electron chi connectivity index (χ2n) is 6.24. The van der Waals surface area contributed by atoms with Crippen LogP contribution in [0.1, 0.15) is 0 Å². The molecule has 0 bridgehead atoms. The Bertz CT molecular complexity index is 1270. The minimum absolute atomic E-state index is 0.243. The molecular weight excluding hydrogens is 533 g/mol. The Kier molecular flexibility index (Phi) is 5.44. The van der Waals surface area contributed by atoms with Crippen LogP contribution < -0.4 is 4.74 Å². The first-order valence-electron chi connectivity index (χ1n) is 8.33. The average Bonchev–Trinajstić information content (AvgIpc) is 2.66. The highest BCUT2D eigenvalue weighted by atomic mass is 79.9. The quantitative estimate of drug-likeness (QED) is 0.247. The van der Waals surface area contributed by atoms with Crippen LogP contribution in [-0.4, -0.2) is 10.6 Å². The molecule has 0 saturated carbocycles. The number of benzene rings is 4. The number of ether oxygens (including phenoxy) is 1. The normalized spacial score (nSPS) is 13.0. The maximum atomic E-state index is 13.2. The van der Waals surface area contributed by atoms with Gasteiger partial charge < -0.3 is 4.74 Å². The Morgan fingerprint density at radius 1 is 0.828 bits per heavy atom. The molecule has 8 heteroatoms. The van der Waals surface area contributed by atoms with Crippen LogP contribution in [0.15, 0.2) is 76.1 Å². The monoisotopic (exact) mass is 542 g/mol. The lowest BCUT2D eigenvalue weighted by Crippen LogP contribution is -2.17. The first-order valence-corrected chi connectivity index (χ1v) is 12.1. The third-order valence-corrected chi connectivity index (χ3v) is 6.71. The van der Waals surface area contributed by atoms with E-state index in [-0.39, 0.29) is 11.3 Å². The largest absolute Gasteiger partial charge is 0.573 e. The van der Waals surface area contributed by atoms with Gasteiger partial charge in [-0.3, -0.25) is 0 Å². The second kappa shape index (κ2) is 7.74. The Morgan fingerprint density at radius 3 is 2.24 bits per heavy atom. The smallest absolute Gasteiger partial charge is 0.405 e. The van der Waals surface area contributed by atoms with Crippen LogP contribution in [0.2, 0.25) is 0 Å². The van der Waals surface area contributed by atoms with E-state index < -0.39 is 15.6 Å². The van der Waals surface area contributed by atoms with Gasteiger partial charge in [-0.2, -0.15) is 0 Å². The predicted molar refractivity (Wildman–Crippen MR) is 117 cm³/mol. The van der Waals surface area contributed by atoms with Crippen molar-refractivity contribution in [1.82, 2.24) is 0 Å². The Morgan fingerprint density at radius 2 is 1.52 bits per heavy atom. The molecule has 0 saturated heterocycles. The van der Waals surface area contributed by atoms with E-state index >= 15 is 0 Å². The van der Waals surface area contributed by atoms with Gasteiger partial charge in [-0.05, 0) is 45.8 Å². The molecule has 0 aliphatic rings. The summed E-state index contributed by atoms with van der Waals surface area (Å²) >= 11 is 6.47. The highest BCUT2D eigenvalue weighted by molar-refractivity contribution is 9.46. The molecule has 148 valence electrons. The van der Waals surface area contributed by atoms with Gasteiger partial charge in [0, 0.05) is 30.4 Å². The summed E-state index contributed by atoms with van der Waals surface area (Å²) in [5.41, 5.74) is 0.678. The van der Waals surface area contributed by atoms with Gasteiger partial charge in [0.2, 0.25) is 0 Å². The van der Waals surface area contributed by atoms with Crippen LogP contribution >= 0.6 is 30.7 Å². The lowest BCUT2D eigenvalue weighted by atomic mass is 9.93. The number of halogens is 5. The fourth-order valence-corrected chi connectivity index (χ4v) is 5.13. The Balaban J connectivity index is 2.19. The lowest BCUT2D eigenvalue weighted by molar-refractivity contribution is -0.274. The molecule has 4 aromatic carbocycles. The standard InChI is InChI=1S/C21H11Br2F3O2S/c22-14-7-8-16-13(11-14)5-9-17(28-21(24,25)26)19(16)20-15-4-2-1-3-12(15)6-10-18(20)29(23)27/h1-11H. The molecule has 0 fully saturated rings. The number of fused-ring (bicyclic) bond motifs is 2. The topological polar surface area (TPSA) is 26.3 Å². The summed E-state index contributed by atoms with van der Waals surface area (Å²) in [6.07, 6.45) is -4.86. The van der Waals surface area contributed by atoms with Crippen molar-refractivity contribution in [2.45, 2.75) is 11.3 Å². The van der Waals surface area contributed by atoms with Gasteiger partial charge in [-0.25, -0.2) is 4.21 Å². The molecule has 4 aromatic rings. The molecule has 0 amide bonds. The van der Waals surface area contributed by atoms with Crippen molar-refractivity contribution in [3.05, 3.63) is 71.2 Å². The van der Waals surface area contributed by atoms with Crippen molar-refractivity contribution in [2.24, 2.45) is 0 Å². The van der Waals surface area contributed by atoms with Crippen molar-refractivity contribution in [3.63, 3.8) is 0 Å². The van der Waals surface area contributed by atoms with Crippen LogP contribution in [0.25, 0.3) is 32.7 Å². The fraction of sp³-hybridized carbons (Fsp3) is 0.0476. The Labute approximate surface area is 182 Å². The van der Waals surface area contributed by atoms with E-state index in [1.54, 1.807) is 42.5 Å². The summed E-state index contributed by atoms with van der Waals surface area (Å²) in [6, 6.07) is 18.9. The lowest BCUT2D eigenvalue weighted by Gasteiger charge is -2.19. The van der Waals surface area contributed by atoms with Crippen LogP contribution in [0, 0.1) is 0 Å². The number of hydrogen-bond donors (Lipinski definition) is 0. The number of hydrogen-bond acceptors (Lipinski definition) is 2. The van der Waals surface area contributed by atoms with Crippen LogP contribution in [0.5, 0.6) is 5.75 Å². The molecule has 0 aromatic heterocycles. The first-order chi connectivity index (χ1) is 13.7. The van der Waals surface area contributed by atoms with Crippen molar-refractivity contribution < 1.29 is 22.1 Å². The van der Waals surface area contributed by atoms with E-state index in [0.29, 0.717) is 21.2 Å². The van der Waals surface area contributed by atoms with Gasteiger partial charge >= 0.3 is 6.36 Å². The van der Waals surface area contributed by atoms with Gasteiger partial charge in [0.25, 0.3) is 0 Å². The molecule has 0 radical (unpaired) electrons. The third kappa shape index (κ3) is 4.06. The zero-order valence-electron chi connectivity index (χ0n) is 14.5. The predicted octanol–water partition coefficient (Wildman–Crippen LogP) is 7.74. The summed E-state index contributed by atoms with van der Waals surface area (Å²) in [5.74, 6) is -0.345. The highest BCUT2D eigenvalue weighted by Crippen LogP contribution is 2.45. The first kappa shape index (κ1) is 20.4. The van der Waals surface area contributed by atoms with Crippen molar-refractivity contribution in [3.8, 4) is 16.9 Å². The van der Waals surface area contributed by atoms with Crippen molar-refractivity contribution >= 4 is 61.5 Å².